The second kappa shape index (κ2) is 3.53. The molecule has 0 heterocycles. The van der Waals surface area contributed by atoms with Gasteiger partial charge in [-0.1, -0.05) is 4.33 Å². The lowest BCUT2D eigenvalue weighted by Crippen LogP contribution is -1.96. The molecule has 0 radical (unpaired) electrons. The van der Waals surface area contributed by atoms with Gasteiger partial charge in [0.15, 0.2) is 0 Å². The second-order valence-corrected chi connectivity index (χ2v) is 4.76. The third-order valence-electron chi connectivity index (χ3n) is 0.139. The van der Waals surface area contributed by atoms with Crippen LogP contribution in [-0.4, -0.2) is 13.7 Å². The molecule has 0 aliphatic carbocycles. The van der Waals surface area contributed by atoms with Gasteiger partial charge in [-0.2, -0.15) is 8.42 Å². The summed E-state index contributed by atoms with van der Waals surface area (Å²) < 4.78 is 23.0. The molecular weight excluding hydrogens is 255 g/mol. The summed E-state index contributed by atoms with van der Waals surface area (Å²) in [5.74, 6) is 0. The SMILES string of the molecule is O=S(=O)(I)OOOO. The lowest BCUT2D eigenvalue weighted by Gasteiger charge is -1.88. The Morgan fingerprint density at radius 1 is 1.50 bits per heavy atom. The summed E-state index contributed by atoms with van der Waals surface area (Å²) in [6, 6.07) is 0. The fraction of sp³-hybridized carbons (Fsp3) is 0. The molecule has 0 fully saturated rings. The van der Waals surface area contributed by atoms with Gasteiger partial charge in [-0.05, 0) is 10.1 Å². The van der Waals surface area contributed by atoms with Crippen LogP contribution in [0.2, 0.25) is 0 Å². The van der Waals surface area contributed by atoms with Gasteiger partial charge in [0.1, 0.15) is 21.2 Å². The zero-order valence-electron chi connectivity index (χ0n) is 3.27. The Morgan fingerprint density at radius 2 is 2.00 bits per heavy atom. The molecule has 0 spiro atoms. The van der Waals surface area contributed by atoms with Crippen molar-refractivity contribution in [2.75, 3.05) is 0 Å². The molecule has 0 unspecified atom stereocenters. The molecule has 8 heavy (non-hydrogen) atoms. The van der Waals surface area contributed by atoms with Crippen LogP contribution in [0.15, 0.2) is 0 Å². The summed E-state index contributed by atoms with van der Waals surface area (Å²) in [6.45, 7) is 0. The Labute approximate surface area is 56.8 Å². The molecule has 0 aromatic rings. The maximum atomic E-state index is 9.84. The van der Waals surface area contributed by atoms with Crippen molar-refractivity contribution in [3.63, 3.8) is 0 Å². The third-order valence-corrected chi connectivity index (χ3v) is 0.798. The molecule has 0 saturated heterocycles. The minimum atomic E-state index is -3.72. The molecule has 0 saturated carbocycles. The Kier molecular flexibility index (Phi) is 3.76. The molecule has 6 nitrogen and oxygen atoms in total. The van der Waals surface area contributed by atoms with Crippen LogP contribution in [0.3, 0.4) is 0 Å². The molecule has 0 aromatic carbocycles. The largest absolute Gasteiger partial charge is 0.349 e. The van der Waals surface area contributed by atoms with E-state index in [0.717, 1.165) is 21.2 Å². The first-order chi connectivity index (χ1) is 3.56. The van der Waals surface area contributed by atoms with Crippen molar-refractivity contribution in [2.24, 2.45) is 0 Å². The van der Waals surface area contributed by atoms with Crippen LogP contribution in [0.1, 0.15) is 0 Å². The van der Waals surface area contributed by atoms with Crippen molar-refractivity contribution in [3.8, 4) is 0 Å². The molecular formula is HIO6S. The standard InChI is InChI=1S/HIO6S/c1-8(3,4)7-6-5-2/h2H. The lowest BCUT2D eigenvalue weighted by molar-refractivity contribution is -0.593. The Balaban J connectivity index is 3.42. The van der Waals surface area contributed by atoms with E-state index in [1.807, 2.05) is 0 Å². The van der Waals surface area contributed by atoms with E-state index in [1.54, 1.807) is 0 Å². The van der Waals surface area contributed by atoms with Crippen LogP contribution in [0.4, 0.5) is 0 Å². The van der Waals surface area contributed by atoms with Crippen LogP contribution in [-0.2, 0) is 21.7 Å². The highest BCUT2D eigenvalue weighted by atomic mass is 127. The molecule has 1 N–H and O–H groups in total. The van der Waals surface area contributed by atoms with E-state index >= 15 is 0 Å². The van der Waals surface area contributed by atoms with Crippen molar-refractivity contribution in [1.82, 2.24) is 0 Å². The predicted octanol–water partition coefficient (Wildman–Crippen LogP) is 0.0190. The highest BCUT2D eigenvalue weighted by molar-refractivity contribution is 14.2. The van der Waals surface area contributed by atoms with Gasteiger partial charge < -0.3 is 0 Å². The van der Waals surface area contributed by atoms with Gasteiger partial charge >= 0.3 is 7.29 Å². The van der Waals surface area contributed by atoms with E-state index in [1.165, 1.54) is 0 Å². The van der Waals surface area contributed by atoms with Gasteiger partial charge in [0.05, 0.1) is 0 Å². The molecule has 8 heteroatoms. The number of hydrogen-bond acceptors (Lipinski definition) is 6. The minimum Gasteiger partial charge on any atom is -0.219 e. The van der Waals surface area contributed by atoms with Gasteiger partial charge in [-0.25, -0.2) is 5.26 Å². The predicted molar refractivity (Wildman–Crippen MR) is 28.8 cm³/mol. The molecule has 50 valence electrons. The van der Waals surface area contributed by atoms with E-state index < -0.39 is 7.29 Å². The Hall–Kier alpha value is 0.520. The van der Waals surface area contributed by atoms with Gasteiger partial charge in [-0.3, -0.25) is 0 Å². The Morgan fingerprint density at radius 3 is 2.12 bits per heavy atom. The summed E-state index contributed by atoms with van der Waals surface area (Å²) in [4.78, 5) is 0. The Bertz CT molecular complexity index is 133. The molecule has 0 amide bonds. The summed E-state index contributed by atoms with van der Waals surface area (Å²) in [5, 5.41) is 13.3. The lowest BCUT2D eigenvalue weighted by atomic mass is 14.4. The average Bonchev–Trinajstić information content (AvgIpc) is 1.59. The van der Waals surface area contributed by atoms with E-state index in [0.29, 0.717) is 0 Å². The van der Waals surface area contributed by atoms with E-state index in [2.05, 4.69) is 14.4 Å². The highest BCUT2D eigenvalue weighted by Gasteiger charge is 2.04. The van der Waals surface area contributed by atoms with Crippen LogP contribution in [0.5, 0.6) is 0 Å². The van der Waals surface area contributed by atoms with E-state index in [-0.39, 0.29) is 0 Å². The van der Waals surface area contributed by atoms with Crippen molar-refractivity contribution in [2.45, 2.75) is 0 Å². The van der Waals surface area contributed by atoms with Gasteiger partial charge in [0.2, 0.25) is 0 Å². The van der Waals surface area contributed by atoms with Crippen molar-refractivity contribution < 1.29 is 28.1 Å². The fourth-order valence-electron chi connectivity index (χ4n) is 0.0456. The van der Waals surface area contributed by atoms with Crippen molar-refractivity contribution in [1.29, 1.82) is 0 Å². The zero-order chi connectivity index (χ0) is 6.62. The number of hydrogen-bond donors (Lipinski definition) is 1. The minimum absolute atomic E-state index is 0.934. The van der Waals surface area contributed by atoms with Crippen molar-refractivity contribution >= 4 is 28.5 Å². The molecule has 0 aromatic heterocycles. The second-order valence-electron chi connectivity index (χ2n) is 0.604. The van der Waals surface area contributed by atoms with Gasteiger partial charge in [-0.15, -0.1) is 0 Å². The number of halogens is 1. The van der Waals surface area contributed by atoms with Crippen LogP contribution in [0.25, 0.3) is 0 Å². The first kappa shape index (κ1) is 8.52. The molecule has 0 aliphatic heterocycles. The first-order valence-corrected chi connectivity index (χ1v) is 5.12. The summed E-state index contributed by atoms with van der Waals surface area (Å²) in [7, 11) is -3.72. The molecule has 0 bridgehead atoms. The van der Waals surface area contributed by atoms with Gasteiger partial charge in [0.25, 0.3) is 0 Å². The summed E-state index contributed by atoms with van der Waals surface area (Å²) in [6.07, 6.45) is 0. The van der Waals surface area contributed by atoms with Crippen LogP contribution in [0, 0.1) is 0 Å². The van der Waals surface area contributed by atoms with E-state index in [4.69, 9.17) is 5.26 Å². The van der Waals surface area contributed by atoms with Crippen LogP contribution >= 0.6 is 21.2 Å². The van der Waals surface area contributed by atoms with Crippen molar-refractivity contribution in [3.05, 3.63) is 0 Å². The maximum absolute atomic E-state index is 9.84. The summed E-state index contributed by atoms with van der Waals surface area (Å²) >= 11 is 0.934. The van der Waals surface area contributed by atoms with Gasteiger partial charge in [0, 0.05) is 0 Å². The molecule has 0 atom stereocenters. The van der Waals surface area contributed by atoms with E-state index in [9.17, 15) is 8.42 Å². The normalized spacial score (nSPS) is 11.8. The number of rotatable bonds is 3. The molecule has 0 rings (SSSR count). The fourth-order valence-corrected chi connectivity index (χ4v) is 0.317. The third kappa shape index (κ3) is 6.52. The topological polar surface area (TPSA) is 82.1 Å². The first-order valence-electron chi connectivity index (χ1n) is 1.17. The zero-order valence-corrected chi connectivity index (χ0v) is 6.25. The summed E-state index contributed by atoms with van der Waals surface area (Å²) in [5.41, 5.74) is 0. The quantitative estimate of drug-likeness (QED) is 0.331. The monoisotopic (exact) mass is 256 g/mol. The maximum Gasteiger partial charge on any atom is 0.349 e. The van der Waals surface area contributed by atoms with Crippen LogP contribution < -0.4 is 0 Å². The average molecular weight is 256 g/mol. The molecule has 0 aliphatic rings. The highest BCUT2D eigenvalue weighted by Crippen LogP contribution is 2.02. The smallest absolute Gasteiger partial charge is 0.219 e.